The first-order valence-electron chi connectivity index (χ1n) is 11.5. The molecule has 2 aromatic carbocycles. The number of nitrogens with zero attached hydrogens (tertiary/aromatic N) is 1. The highest BCUT2D eigenvalue weighted by molar-refractivity contribution is 6.31. The molecule has 2 aromatic heterocycles. The summed E-state index contributed by atoms with van der Waals surface area (Å²) in [4.78, 5) is 16.4. The van der Waals surface area contributed by atoms with Crippen molar-refractivity contribution in [3.05, 3.63) is 81.6 Å². The Bertz CT molecular complexity index is 1360. The van der Waals surface area contributed by atoms with Crippen LogP contribution >= 0.6 is 11.6 Å². The molecular weight excluding hydrogens is 439 g/mol. The van der Waals surface area contributed by atoms with E-state index in [4.69, 9.17) is 16.0 Å². The number of rotatable bonds is 5. The van der Waals surface area contributed by atoms with Crippen LogP contribution in [-0.2, 0) is 0 Å². The molecule has 0 amide bonds. The van der Waals surface area contributed by atoms with Crippen LogP contribution in [0, 0.1) is 11.7 Å². The van der Waals surface area contributed by atoms with Crippen molar-refractivity contribution in [1.29, 1.82) is 0 Å². The molecule has 0 bridgehead atoms. The lowest BCUT2D eigenvalue weighted by Crippen LogP contribution is -2.23. The molecule has 1 atom stereocenters. The zero-order valence-electron chi connectivity index (χ0n) is 18.5. The van der Waals surface area contributed by atoms with Gasteiger partial charge in [0, 0.05) is 40.2 Å². The van der Waals surface area contributed by atoms with Crippen molar-refractivity contribution in [2.24, 2.45) is 5.92 Å². The van der Waals surface area contributed by atoms with E-state index in [9.17, 15) is 9.18 Å². The van der Waals surface area contributed by atoms with Crippen molar-refractivity contribution in [2.75, 3.05) is 5.32 Å². The van der Waals surface area contributed by atoms with Gasteiger partial charge in [0.25, 0.3) is 0 Å². The van der Waals surface area contributed by atoms with E-state index < -0.39 is 0 Å². The average molecular weight is 465 g/mol. The number of benzene rings is 2. The van der Waals surface area contributed by atoms with E-state index in [0.29, 0.717) is 22.4 Å². The summed E-state index contributed by atoms with van der Waals surface area (Å²) in [5, 5.41) is 5.84. The van der Waals surface area contributed by atoms with Crippen LogP contribution < -0.4 is 10.9 Å². The van der Waals surface area contributed by atoms with Crippen LogP contribution in [0.25, 0.3) is 21.9 Å². The molecule has 4 aromatic rings. The van der Waals surface area contributed by atoms with Crippen molar-refractivity contribution in [2.45, 2.75) is 51.0 Å². The van der Waals surface area contributed by atoms with E-state index in [0.717, 1.165) is 54.1 Å². The molecule has 1 saturated carbocycles. The van der Waals surface area contributed by atoms with E-state index in [1.54, 1.807) is 24.3 Å². The number of nitrogens with one attached hydrogen (secondary N) is 1. The van der Waals surface area contributed by atoms with Gasteiger partial charge in [-0.3, -0.25) is 4.98 Å². The van der Waals surface area contributed by atoms with Gasteiger partial charge in [-0.1, -0.05) is 11.6 Å². The van der Waals surface area contributed by atoms with Gasteiger partial charge in [0.2, 0.25) is 0 Å². The number of pyridine rings is 1. The van der Waals surface area contributed by atoms with Crippen LogP contribution in [0.3, 0.4) is 0 Å². The average Bonchev–Trinajstić information content (AvgIpc) is 2.78. The smallest absolute Gasteiger partial charge is 0.338 e. The summed E-state index contributed by atoms with van der Waals surface area (Å²) in [6.45, 7) is 2.15. The summed E-state index contributed by atoms with van der Waals surface area (Å²) in [7, 11) is 0. The van der Waals surface area contributed by atoms with Gasteiger partial charge in [-0.25, -0.2) is 9.18 Å². The van der Waals surface area contributed by atoms with E-state index >= 15 is 0 Å². The van der Waals surface area contributed by atoms with Crippen LogP contribution in [-0.4, -0.2) is 11.0 Å². The molecule has 0 unspecified atom stereocenters. The van der Waals surface area contributed by atoms with Crippen molar-refractivity contribution >= 4 is 39.2 Å². The second-order valence-electron chi connectivity index (χ2n) is 9.18. The first-order chi connectivity index (χ1) is 16.0. The number of halogens is 2. The van der Waals surface area contributed by atoms with Gasteiger partial charge in [-0.05, 0) is 92.8 Å². The Morgan fingerprint density at radius 3 is 2.73 bits per heavy atom. The largest absolute Gasteiger partial charge is 0.423 e. The predicted octanol–water partition coefficient (Wildman–Crippen LogP) is 7.30. The number of aromatic nitrogens is 1. The van der Waals surface area contributed by atoms with E-state index in [-0.39, 0.29) is 17.5 Å². The molecule has 6 heteroatoms. The van der Waals surface area contributed by atoms with Crippen LogP contribution in [0.15, 0.2) is 63.9 Å². The Morgan fingerprint density at radius 1 is 1.09 bits per heavy atom. The Balaban J connectivity index is 1.25. The normalized spacial score (nSPS) is 19.6. The van der Waals surface area contributed by atoms with Crippen molar-refractivity contribution < 1.29 is 8.81 Å². The zero-order valence-corrected chi connectivity index (χ0v) is 19.2. The zero-order chi connectivity index (χ0) is 22.9. The van der Waals surface area contributed by atoms with Crippen LogP contribution in [0.4, 0.5) is 10.1 Å². The van der Waals surface area contributed by atoms with E-state index in [1.807, 2.05) is 12.3 Å². The van der Waals surface area contributed by atoms with Gasteiger partial charge in [0.05, 0.1) is 11.2 Å². The molecule has 0 radical (unpaired) electrons. The molecule has 2 heterocycles. The maximum atomic E-state index is 13.8. The minimum Gasteiger partial charge on any atom is -0.423 e. The molecule has 1 aliphatic carbocycles. The first-order valence-corrected chi connectivity index (χ1v) is 11.9. The fourth-order valence-corrected chi connectivity index (χ4v) is 5.45. The summed E-state index contributed by atoms with van der Waals surface area (Å²) in [5.41, 5.74) is 2.96. The monoisotopic (exact) mass is 464 g/mol. The summed E-state index contributed by atoms with van der Waals surface area (Å²) in [6, 6.07) is 14.0. The fourth-order valence-electron chi connectivity index (χ4n) is 5.29. The number of anilines is 1. The van der Waals surface area contributed by atoms with Crippen molar-refractivity contribution in [3.63, 3.8) is 0 Å². The lowest BCUT2D eigenvalue weighted by atomic mass is 9.76. The molecule has 33 heavy (non-hydrogen) atoms. The third-order valence-corrected chi connectivity index (χ3v) is 7.05. The van der Waals surface area contributed by atoms with Gasteiger partial charge >= 0.3 is 5.63 Å². The number of hydrogen-bond acceptors (Lipinski definition) is 4. The molecule has 0 aliphatic heterocycles. The SMILES string of the molecule is C[C@H](CC1CCC(c2ccnc3ccc(F)cc23)CC1)Nc1cc(=O)oc2cc(Cl)ccc12. The highest BCUT2D eigenvalue weighted by atomic mass is 35.5. The lowest BCUT2D eigenvalue weighted by molar-refractivity contribution is 0.302. The molecule has 1 N–H and O–H groups in total. The van der Waals surface area contributed by atoms with E-state index in [1.165, 1.54) is 17.7 Å². The molecule has 0 spiro atoms. The Hall–Kier alpha value is -2.92. The second kappa shape index (κ2) is 9.14. The number of hydrogen-bond donors (Lipinski definition) is 1. The van der Waals surface area contributed by atoms with Crippen LogP contribution in [0.1, 0.15) is 50.5 Å². The molecular formula is C27H26ClFN2O2. The molecule has 1 aliphatic rings. The van der Waals surface area contributed by atoms with Crippen molar-refractivity contribution in [1.82, 2.24) is 4.98 Å². The highest BCUT2D eigenvalue weighted by Gasteiger charge is 2.25. The predicted molar refractivity (Wildman–Crippen MR) is 132 cm³/mol. The molecule has 170 valence electrons. The standard InChI is InChI=1S/C27H26ClFN2O2/c1-16(31-25-15-27(32)33-26-13-19(28)6-8-22(25)26)12-17-2-4-18(5-3-17)21-10-11-30-24-9-7-20(29)14-23(21)24/h6-11,13-18,31H,2-5,12H2,1H3/t16-,17?,18?/m1/s1. The van der Waals surface area contributed by atoms with Gasteiger partial charge in [-0.15, -0.1) is 0 Å². The van der Waals surface area contributed by atoms with Crippen LogP contribution in [0.2, 0.25) is 5.02 Å². The third-order valence-electron chi connectivity index (χ3n) is 6.82. The minimum atomic E-state index is -0.388. The highest BCUT2D eigenvalue weighted by Crippen LogP contribution is 2.40. The molecule has 5 rings (SSSR count). The molecule has 4 nitrogen and oxygen atoms in total. The Morgan fingerprint density at radius 2 is 1.91 bits per heavy atom. The molecule has 0 saturated heterocycles. The van der Waals surface area contributed by atoms with Gasteiger partial charge in [0.15, 0.2) is 0 Å². The quantitative estimate of drug-likeness (QED) is 0.315. The molecule has 1 fully saturated rings. The third kappa shape index (κ3) is 4.74. The van der Waals surface area contributed by atoms with Gasteiger partial charge in [-0.2, -0.15) is 0 Å². The van der Waals surface area contributed by atoms with E-state index in [2.05, 4.69) is 23.3 Å². The summed E-state index contributed by atoms with van der Waals surface area (Å²) in [6.07, 6.45) is 7.29. The van der Waals surface area contributed by atoms with Crippen molar-refractivity contribution in [3.8, 4) is 0 Å². The maximum Gasteiger partial charge on any atom is 0.338 e. The number of fused-ring (bicyclic) bond motifs is 2. The first kappa shape index (κ1) is 21.9. The summed E-state index contributed by atoms with van der Waals surface area (Å²) >= 11 is 6.05. The topological polar surface area (TPSA) is 55.1 Å². The van der Waals surface area contributed by atoms with Crippen LogP contribution in [0.5, 0.6) is 0 Å². The van der Waals surface area contributed by atoms with Gasteiger partial charge in [0.1, 0.15) is 11.4 Å². The summed E-state index contributed by atoms with van der Waals surface area (Å²) in [5.74, 6) is 0.828. The minimum absolute atomic E-state index is 0.211. The Kier molecular flexibility index (Phi) is 6.07. The maximum absolute atomic E-state index is 13.8. The second-order valence-corrected chi connectivity index (χ2v) is 9.62. The fraction of sp³-hybridized carbons (Fsp3) is 0.333. The van der Waals surface area contributed by atoms with Gasteiger partial charge < -0.3 is 9.73 Å². The lowest BCUT2D eigenvalue weighted by Gasteiger charge is -2.31. The Labute approximate surface area is 196 Å². The summed E-state index contributed by atoms with van der Waals surface area (Å²) < 4.78 is 19.1.